The van der Waals surface area contributed by atoms with Crippen LogP contribution in [0.1, 0.15) is 31.5 Å². The molecule has 5 rings (SSSR count). The van der Waals surface area contributed by atoms with E-state index in [0.717, 1.165) is 15.3 Å². The van der Waals surface area contributed by atoms with Crippen molar-refractivity contribution in [3.8, 4) is 6.07 Å². The van der Waals surface area contributed by atoms with Crippen molar-refractivity contribution in [1.82, 2.24) is 13.9 Å². The highest BCUT2D eigenvalue weighted by Crippen LogP contribution is 2.41. The molecule has 1 saturated carbocycles. The van der Waals surface area contributed by atoms with E-state index in [2.05, 4.69) is 6.07 Å². The number of aryl methyl sites for hydroxylation is 1. The number of imidazole rings is 1. The van der Waals surface area contributed by atoms with Gasteiger partial charge in [-0.1, -0.05) is 24.3 Å². The summed E-state index contributed by atoms with van der Waals surface area (Å²) in [6, 6.07) is 15.7. The van der Waals surface area contributed by atoms with Gasteiger partial charge in [0.1, 0.15) is 10.7 Å². The maximum absolute atomic E-state index is 13.4. The average molecular weight is 436 g/mol. The average Bonchev–Trinajstić information content (AvgIpc) is 3.53. The summed E-state index contributed by atoms with van der Waals surface area (Å²) in [5.41, 5.74) is 2.11. The highest BCUT2D eigenvalue weighted by Gasteiger charge is 2.48. The summed E-state index contributed by atoms with van der Waals surface area (Å²) in [4.78, 5) is 19.8. The van der Waals surface area contributed by atoms with E-state index in [4.69, 9.17) is 10.2 Å². The zero-order valence-corrected chi connectivity index (χ0v) is 17.6. The van der Waals surface area contributed by atoms with Crippen molar-refractivity contribution in [3.63, 3.8) is 0 Å². The molecule has 0 radical (unpaired) electrons. The molecule has 3 aromatic rings. The number of fused-ring (bicyclic) bond motifs is 2. The lowest BCUT2D eigenvalue weighted by Gasteiger charge is -2.36. The molecule has 0 N–H and O–H groups in total. The summed E-state index contributed by atoms with van der Waals surface area (Å²) < 4.78 is 29.3. The van der Waals surface area contributed by atoms with E-state index >= 15 is 0 Å². The molecule has 0 saturated heterocycles. The van der Waals surface area contributed by atoms with E-state index in [-0.39, 0.29) is 17.5 Å². The van der Waals surface area contributed by atoms with Gasteiger partial charge >= 0.3 is 6.03 Å². The van der Waals surface area contributed by atoms with Gasteiger partial charge in [0.25, 0.3) is 10.0 Å². The molecule has 2 aromatic carbocycles. The molecule has 1 aliphatic carbocycles. The fourth-order valence-electron chi connectivity index (χ4n) is 4.10. The second-order valence-corrected chi connectivity index (χ2v) is 9.58. The number of benzene rings is 2. The lowest BCUT2D eigenvalue weighted by atomic mass is 10.2. The molecule has 0 bridgehead atoms. The van der Waals surface area contributed by atoms with Crippen molar-refractivity contribution in [2.45, 2.75) is 49.7 Å². The molecule has 158 valence electrons. The van der Waals surface area contributed by atoms with Crippen LogP contribution in [0.25, 0.3) is 11.0 Å². The van der Waals surface area contributed by atoms with Gasteiger partial charge in [0.15, 0.2) is 0 Å². The molecule has 1 aliphatic heterocycles. The number of hydrogen-bond acceptors (Lipinski definition) is 5. The number of anilines is 1. The Bertz CT molecular complexity index is 1320. The van der Waals surface area contributed by atoms with Gasteiger partial charge in [0.05, 0.1) is 35.4 Å². The summed E-state index contributed by atoms with van der Waals surface area (Å²) >= 11 is 0. The lowest BCUT2D eigenvalue weighted by Crippen LogP contribution is -2.51. The molecule has 1 aromatic heterocycles. The maximum atomic E-state index is 13.4. The molecule has 0 atom stereocenters. The van der Waals surface area contributed by atoms with Crippen LogP contribution in [0.3, 0.4) is 0 Å². The van der Waals surface area contributed by atoms with Crippen LogP contribution in [0.4, 0.5) is 10.5 Å². The van der Waals surface area contributed by atoms with Crippen LogP contribution in [-0.2, 0) is 23.1 Å². The first-order valence-electron chi connectivity index (χ1n) is 10.3. The first-order chi connectivity index (χ1) is 15.0. The molecular weight excluding hydrogens is 414 g/mol. The second-order valence-electron chi connectivity index (χ2n) is 7.80. The zero-order valence-electron chi connectivity index (χ0n) is 16.8. The Morgan fingerprint density at radius 1 is 1.10 bits per heavy atom. The number of nitriles is 1. The van der Waals surface area contributed by atoms with E-state index in [0.29, 0.717) is 43.7 Å². The fraction of sp³-hybridized carbons (Fsp3) is 0.318. The van der Waals surface area contributed by atoms with Crippen molar-refractivity contribution >= 4 is 32.8 Å². The van der Waals surface area contributed by atoms with Crippen LogP contribution in [0.15, 0.2) is 53.4 Å². The molecule has 9 heteroatoms. The third-order valence-electron chi connectivity index (χ3n) is 5.69. The summed E-state index contributed by atoms with van der Waals surface area (Å²) in [5, 5.41) is 8.93. The first kappa shape index (κ1) is 19.6. The van der Waals surface area contributed by atoms with E-state index < -0.39 is 16.1 Å². The highest BCUT2D eigenvalue weighted by atomic mass is 32.2. The Kier molecular flexibility index (Phi) is 4.67. The Balaban J connectivity index is 1.59. The van der Waals surface area contributed by atoms with Gasteiger partial charge in [-0.05, 0) is 43.5 Å². The zero-order chi connectivity index (χ0) is 21.6. The molecule has 0 unspecified atom stereocenters. The monoisotopic (exact) mass is 435 g/mol. The molecule has 2 heterocycles. The third-order valence-corrected chi connectivity index (χ3v) is 7.57. The summed E-state index contributed by atoms with van der Waals surface area (Å²) in [6.45, 7) is 0.744. The Labute approximate surface area is 180 Å². The van der Waals surface area contributed by atoms with E-state index in [9.17, 15) is 13.2 Å². The first-order valence-corrected chi connectivity index (χ1v) is 11.7. The van der Waals surface area contributed by atoms with Gasteiger partial charge in [-0.2, -0.15) is 5.26 Å². The van der Waals surface area contributed by atoms with Crippen LogP contribution >= 0.6 is 0 Å². The molecule has 2 aliphatic rings. The molecule has 0 spiro atoms. The van der Waals surface area contributed by atoms with Crippen molar-refractivity contribution < 1.29 is 13.2 Å². The Hall–Kier alpha value is -3.38. The molecule has 1 fully saturated rings. The van der Waals surface area contributed by atoms with Crippen LogP contribution < -0.4 is 4.90 Å². The minimum absolute atomic E-state index is 0.147. The molecule has 2 amide bonds. The van der Waals surface area contributed by atoms with Crippen molar-refractivity contribution in [2.75, 3.05) is 4.90 Å². The highest BCUT2D eigenvalue weighted by molar-refractivity contribution is 7.90. The maximum Gasteiger partial charge on any atom is 0.339 e. The van der Waals surface area contributed by atoms with Crippen molar-refractivity contribution in [3.05, 3.63) is 54.4 Å². The van der Waals surface area contributed by atoms with Crippen LogP contribution in [0, 0.1) is 11.3 Å². The predicted octanol–water partition coefficient (Wildman–Crippen LogP) is 3.63. The molecule has 31 heavy (non-hydrogen) atoms. The van der Waals surface area contributed by atoms with Gasteiger partial charge in [-0.25, -0.2) is 22.5 Å². The number of urea groups is 1. The number of carbonyl (C=O) groups excluding carboxylic acids is 1. The largest absolute Gasteiger partial charge is 0.339 e. The smallest absolute Gasteiger partial charge is 0.326 e. The third kappa shape index (κ3) is 3.24. The van der Waals surface area contributed by atoms with E-state index in [1.165, 1.54) is 4.90 Å². The van der Waals surface area contributed by atoms with Gasteiger partial charge in [-0.3, -0.25) is 4.90 Å². The van der Waals surface area contributed by atoms with E-state index in [1.54, 1.807) is 24.3 Å². The fourth-order valence-corrected chi connectivity index (χ4v) is 5.91. The quantitative estimate of drug-likeness (QED) is 0.551. The Morgan fingerprint density at radius 2 is 1.84 bits per heavy atom. The summed E-state index contributed by atoms with van der Waals surface area (Å²) in [5.74, 6) is 0.664. The van der Waals surface area contributed by atoms with Crippen LogP contribution in [0.5, 0.6) is 0 Å². The van der Waals surface area contributed by atoms with Gasteiger partial charge in [-0.15, -0.1) is 0 Å². The normalized spacial score (nSPS) is 17.6. The number of nitrogens with zero attached hydrogens (tertiary/aromatic N) is 5. The summed E-state index contributed by atoms with van der Waals surface area (Å²) in [6.07, 6.45) is 2.46. The topological polar surface area (TPSA) is 99.3 Å². The number of rotatable bonds is 6. The lowest BCUT2D eigenvalue weighted by molar-refractivity contribution is 0.225. The number of amides is 2. The minimum Gasteiger partial charge on any atom is -0.326 e. The van der Waals surface area contributed by atoms with Crippen LogP contribution in [-0.4, -0.2) is 34.3 Å². The minimum atomic E-state index is -3.87. The Morgan fingerprint density at radius 3 is 2.61 bits per heavy atom. The standard InChI is InChI=1S/C22H21N5O3S/c23-13-5-6-14-25-18-8-2-1-7-17(18)24-21(25)15-26-19-9-3-4-10-20(19)31(29,30)27(22(26)28)16-11-12-16/h1-4,7-10,16H,5-6,11-12,14-15H2. The van der Waals surface area contributed by atoms with Gasteiger partial charge < -0.3 is 4.57 Å². The predicted molar refractivity (Wildman–Crippen MR) is 115 cm³/mol. The molecule has 8 nitrogen and oxygen atoms in total. The number of para-hydroxylation sites is 3. The number of aromatic nitrogens is 2. The number of sulfonamides is 1. The summed E-state index contributed by atoms with van der Waals surface area (Å²) in [7, 11) is -3.87. The number of carbonyl (C=O) groups is 1. The van der Waals surface area contributed by atoms with Gasteiger partial charge in [0, 0.05) is 13.0 Å². The van der Waals surface area contributed by atoms with Crippen LogP contribution in [0.2, 0.25) is 0 Å². The molecular formula is C22H21N5O3S. The number of unbranched alkanes of at least 4 members (excludes halogenated alkanes) is 1. The second kappa shape index (κ2) is 7.39. The SMILES string of the molecule is N#CCCCn1c(CN2C(=O)N(C3CC3)S(=O)(=O)c3ccccc32)nc2ccccc21. The van der Waals surface area contributed by atoms with Crippen molar-refractivity contribution in [1.29, 1.82) is 5.26 Å². The number of hydrogen-bond donors (Lipinski definition) is 0. The van der Waals surface area contributed by atoms with Crippen molar-refractivity contribution in [2.24, 2.45) is 0 Å². The van der Waals surface area contributed by atoms with Gasteiger partial charge in [0.2, 0.25) is 0 Å². The van der Waals surface area contributed by atoms with E-state index in [1.807, 2.05) is 28.8 Å².